The highest BCUT2D eigenvalue weighted by Gasteiger charge is 2.22. The highest BCUT2D eigenvalue weighted by molar-refractivity contribution is 5.88. The topological polar surface area (TPSA) is 111 Å². The molecule has 0 bridgehead atoms. The first-order valence-corrected chi connectivity index (χ1v) is 9.85. The van der Waals surface area contributed by atoms with Gasteiger partial charge in [0.05, 0.1) is 6.04 Å². The molecule has 2 amide bonds. The molecule has 4 N–H and O–H groups in total. The molecule has 3 aromatic rings. The average molecular weight is 407 g/mol. The molecular weight excluding hydrogens is 382 g/mol. The van der Waals surface area contributed by atoms with Crippen LogP contribution in [0.2, 0.25) is 0 Å². The van der Waals surface area contributed by atoms with Crippen LogP contribution in [0, 0.1) is 0 Å². The molecule has 7 nitrogen and oxygen atoms in total. The fourth-order valence-corrected chi connectivity index (χ4v) is 3.35. The number of hydrogen-bond acceptors (Lipinski definition) is 3. The second-order valence-electron chi connectivity index (χ2n) is 7.22. The van der Waals surface area contributed by atoms with Crippen molar-refractivity contribution in [1.29, 1.82) is 0 Å². The molecule has 0 fully saturated rings. The van der Waals surface area contributed by atoms with Gasteiger partial charge < -0.3 is 20.7 Å². The van der Waals surface area contributed by atoms with E-state index >= 15 is 0 Å². The van der Waals surface area contributed by atoms with Crippen LogP contribution in [0.25, 0.3) is 10.9 Å². The maximum atomic E-state index is 12.2. The maximum absolute atomic E-state index is 12.2. The summed E-state index contributed by atoms with van der Waals surface area (Å²) in [5, 5.41) is 15.8. The van der Waals surface area contributed by atoms with Gasteiger partial charge in [-0.25, -0.2) is 4.79 Å². The van der Waals surface area contributed by atoms with E-state index in [1.54, 1.807) is 6.20 Å². The summed E-state index contributed by atoms with van der Waals surface area (Å²) in [5.41, 5.74) is 2.69. The Labute approximate surface area is 174 Å². The Morgan fingerprint density at radius 3 is 2.27 bits per heavy atom. The van der Waals surface area contributed by atoms with Crippen LogP contribution in [-0.4, -0.2) is 33.9 Å². The van der Waals surface area contributed by atoms with E-state index in [1.807, 2.05) is 61.5 Å². The molecule has 0 saturated carbocycles. The summed E-state index contributed by atoms with van der Waals surface area (Å²) in [5.74, 6) is -1.84. The largest absolute Gasteiger partial charge is 0.480 e. The second kappa shape index (κ2) is 9.73. The molecule has 0 radical (unpaired) electrons. The Balaban J connectivity index is 1.51. The molecule has 0 unspecified atom stereocenters. The predicted molar refractivity (Wildman–Crippen MR) is 114 cm³/mol. The number of carboxylic acid groups (broad SMARTS) is 1. The summed E-state index contributed by atoms with van der Waals surface area (Å²) in [6.07, 6.45) is 1.82. The molecule has 0 saturated heterocycles. The smallest absolute Gasteiger partial charge is 0.326 e. The number of aliphatic carboxylic acids is 1. The Kier molecular flexibility index (Phi) is 6.85. The number of nitrogens with one attached hydrogen (secondary N) is 3. The van der Waals surface area contributed by atoms with Gasteiger partial charge in [0.15, 0.2) is 0 Å². The molecule has 0 aliphatic rings. The summed E-state index contributed by atoms with van der Waals surface area (Å²) >= 11 is 0. The number of aromatic nitrogens is 1. The summed E-state index contributed by atoms with van der Waals surface area (Å²) < 4.78 is 0. The minimum atomic E-state index is -1.12. The molecule has 0 aliphatic carbocycles. The third-order valence-corrected chi connectivity index (χ3v) is 4.99. The minimum Gasteiger partial charge on any atom is -0.480 e. The lowest BCUT2D eigenvalue weighted by Gasteiger charge is -2.16. The quantitative estimate of drug-likeness (QED) is 0.437. The van der Waals surface area contributed by atoms with Crippen molar-refractivity contribution in [2.24, 2.45) is 0 Å². The van der Waals surface area contributed by atoms with Gasteiger partial charge in [-0.05, 0) is 24.1 Å². The number of hydrogen-bond donors (Lipinski definition) is 4. The Hall–Kier alpha value is -3.61. The average Bonchev–Trinajstić information content (AvgIpc) is 3.15. The predicted octanol–water partition coefficient (Wildman–Crippen LogP) is 2.94. The van der Waals surface area contributed by atoms with Crippen molar-refractivity contribution in [1.82, 2.24) is 15.6 Å². The second-order valence-corrected chi connectivity index (χ2v) is 7.22. The molecule has 2 aromatic carbocycles. The van der Waals surface area contributed by atoms with Gasteiger partial charge in [0.1, 0.15) is 6.04 Å². The summed E-state index contributed by atoms with van der Waals surface area (Å²) in [6, 6.07) is 15.9. The number of para-hydroxylation sites is 1. The number of aromatic amines is 1. The van der Waals surface area contributed by atoms with Crippen molar-refractivity contribution in [3.05, 3.63) is 71.9 Å². The molecule has 156 valence electrons. The molecule has 7 heteroatoms. The Bertz CT molecular complexity index is 1030. The van der Waals surface area contributed by atoms with E-state index in [0.717, 1.165) is 22.0 Å². The van der Waals surface area contributed by atoms with E-state index in [-0.39, 0.29) is 31.2 Å². The lowest BCUT2D eigenvalue weighted by atomic mass is 10.0. The van der Waals surface area contributed by atoms with Crippen molar-refractivity contribution in [3.63, 3.8) is 0 Å². The molecule has 0 aliphatic heterocycles. The van der Waals surface area contributed by atoms with Crippen LogP contribution >= 0.6 is 0 Å². The van der Waals surface area contributed by atoms with E-state index < -0.39 is 17.9 Å². The number of benzene rings is 2. The van der Waals surface area contributed by atoms with Crippen LogP contribution in [0.4, 0.5) is 0 Å². The van der Waals surface area contributed by atoms with Crippen molar-refractivity contribution in [3.8, 4) is 0 Å². The lowest BCUT2D eigenvalue weighted by molar-refractivity contribution is -0.141. The van der Waals surface area contributed by atoms with Crippen LogP contribution in [0.1, 0.15) is 36.9 Å². The summed E-state index contributed by atoms with van der Waals surface area (Å²) in [4.78, 5) is 39.1. The third-order valence-electron chi connectivity index (χ3n) is 4.99. The molecule has 1 aromatic heterocycles. The van der Waals surface area contributed by atoms with E-state index in [4.69, 9.17) is 0 Å². The highest BCUT2D eigenvalue weighted by atomic mass is 16.4. The van der Waals surface area contributed by atoms with Crippen molar-refractivity contribution < 1.29 is 19.5 Å². The van der Waals surface area contributed by atoms with Crippen molar-refractivity contribution >= 4 is 28.7 Å². The van der Waals surface area contributed by atoms with Gasteiger partial charge in [-0.15, -0.1) is 0 Å². The lowest BCUT2D eigenvalue weighted by Crippen LogP contribution is -2.42. The van der Waals surface area contributed by atoms with Gasteiger partial charge in [0.2, 0.25) is 11.8 Å². The van der Waals surface area contributed by atoms with Gasteiger partial charge in [-0.1, -0.05) is 48.5 Å². The van der Waals surface area contributed by atoms with Gasteiger partial charge >= 0.3 is 5.97 Å². The van der Waals surface area contributed by atoms with Gasteiger partial charge in [0.25, 0.3) is 0 Å². The fourth-order valence-electron chi connectivity index (χ4n) is 3.35. The van der Waals surface area contributed by atoms with E-state index in [0.29, 0.717) is 0 Å². The van der Waals surface area contributed by atoms with Crippen LogP contribution in [-0.2, 0) is 20.8 Å². The van der Waals surface area contributed by atoms with Gasteiger partial charge in [0, 0.05) is 36.4 Å². The molecule has 30 heavy (non-hydrogen) atoms. The van der Waals surface area contributed by atoms with E-state index in [9.17, 15) is 19.5 Å². The van der Waals surface area contributed by atoms with Crippen LogP contribution in [0.15, 0.2) is 60.8 Å². The first kappa shape index (κ1) is 21.1. The first-order valence-electron chi connectivity index (χ1n) is 9.85. The van der Waals surface area contributed by atoms with Gasteiger partial charge in [-0.3, -0.25) is 9.59 Å². The number of carbonyl (C=O) groups is 3. The number of rotatable bonds is 9. The zero-order valence-electron chi connectivity index (χ0n) is 16.7. The monoisotopic (exact) mass is 407 g/mol. The van der Waals surface area contributed by atoms with E-state index in [2.05, 4.69) is 15.6 Å². The Morgan fingerprint density at radius 2 is 1.57 bits per heavy atom. The number of carbonyl (C=O) groups excluding carboxylic acids is 2. The molecule has 3 rings (SSSR count). The zero-order valence-corrected chi connectivity index (χ0v) is 16.7. The third kappa shape index (κ3) is 5.47. The standard InChI is InChI=1S/C23H25N3O4/c1-15(16-7-3-2-4-8-16)25-21(27)11-12-22(28)26-20(23(29)30)13-17-14-24-19-10-6-5-9-18(17)19/h2-10,14-15,20,24H,11-13H2,1H3,(H,25,27)(H,26,28)(H,29,30)/t15-,20+/m1/s1. The van der Waals surface area contributed by atoms with Crippen molar-refractivity contribution in [2.45, 2.75) is 38.3 Å². The number of H-pyrrole nitrogens is 1. The molecule has 2 atom stereocenters. The molecule has 0 spiro atoms. The fraction of sp³-hybridized carbons (Fsp3) is 0.261. The normalized spacial score (nSPS) is 12.8. The van der Waals surface area contributed by atoms with Crippen LogP contribution in [0.5, 0.6) is 0 Å². The molecule has 1 heterocycles. The Morgan fingerprint density at radius 1 is 0.933 bits per heavy atom. The first-order chi connectivity index (χ1) is 14.4. The van der Waals surface area contributed by atoms with Crippen molar-refractivity contribution in [2.75, 3.05) is 0 Å². The van der Waals surface area contributed by atoms with Crippen LogP contribution < -0.4 is 10.6 Å². The number of fused-ring (bicyclic) bond motifs is 1. The number of carboxylic acids is 1. The van der Waals surface area contributed by atoms with Crippen LogP contribution in [0.3, 0.4) is 0 Å². The maximum Gasteiger partial charge on any atom is 0.326 e. The van der Waals surface area contributed by atoms with Gasteiger partial charge in [-0.2, -0.15) is 0 Å². The van der Waals surface area contributed by atoms with E-state index in [1.165, 1.54) is 0 Å². The molecular formula is C23H25N3O4. The number of amides is 2. The SMILES string of the molecule is C[C@@H](NC(=O)CCC(=O)N[C@@H](Cc1c[nH]c2ccccc12)C(=O)O)c1ccccc1. The summed E-state index contributed by atoms with van der Waals surface area (Å²) in [6.45, 7) is 1.87. The zero-order chi connectivity index (χ0) is 21.5. The highest BCUT2D eigenvalue weighted by Crippen LogP contribution is 2.19. The summed E-state index contributed by atoms with van der Waals surface area (Å²) in [7, 11) is 0. The minimum absolute atomic E-state index is 0.0115.